The summed E-state index contributed by atoms with van der Waals surface area (Å²) in [6, 6.07) is 3.98. The highest BCUT2D eigenvalue weighted by Crippen LogP contribution is 2.33. The van der Waals surface area contributed by atoms with Crippen LogP contribution in [0.2, 0.25) is 0 Å². The van der Waals surface area contributed by atoms with Gasteiger partial charge in [-0.3, -0.25) is 4.79 Å². The van der Waals surface area contributed by atoms with Gasteiger partial charge in [0, 0.05) is 37.7 Å². The molecule has 1 amide bonds. The van der Waals surface area contributed by atoms with E-state index in [1.54, 1.807) is 0 Å². The fraction of sp³-hybridized carbons (Fsp3) is 0.632. The van der Waals surface area contributed by atoms with Crippen molar-refractivity contribution in [3.8, 4) is 0 Å². The summed E-state index contributed by atoms with van der Waals surface area (Å²) in [7, 11) is 0. The summed E-state index contributed by atoms with van der Waals surface area (Å²) in [5.74, 6) is 2.12. The Morgan fingerprint density at radius 2 is 2.12 bits per heavy atom. The van der Waals surface area contributed by atoms with Gasteiger partial charge in [-0.2, -0.15) is 0 Å². The third-order valence-electron chi connectivity index (χ3n) is 5.55. The molecule has 2 aliphatic rings. The van der Waals surface area contributed by atoms with Crippen LogP contribution >= 0.6 is 0 Å². The molecule has 0 bridgehead atoms. The molecule has 2 fully saturated rings. The number of hydrogen-bond acceptors (Lipinski definition) is 3. The van der Waals surface area contributed by atoms with E-state index in [2.05, 4.69) is 21.4 Å². The van der Waals surface area contributed by atoms with Crippen molar-refractivity contribution in [3.05, 3.63) is 24.2 Å². The lowest BCUT2D eigenvalue weighted by molar-refractivity contribution is -0.134. The Kier molecular flexibility index (Phi) is 4.25. The Morgan fingerprint density at radius 3 is 2.92 bits per heavy atom. The summed E-state index contributed by atoms with van der Waals surface area (Å²) in [5.41, 5.74) is 1.96. The Morgan fingerprint density at radius 1 is 1.29 bits per heavy atom. The van der Waals surface area contributed by atoms with Crippen LogP contribution in [0.1, 0.15) is 57.2 Å². The summed E-state index contributed by atoms with van der Waals surface area (Å²) in [6.45, 7) is 4.82. The van der Waals surface area contributed by atoms with Crippen molar-refractivity contribution in [2.75, 3.05) is 13.1 Å². The van der Waals surface area contributed by atoms with E-state index in [9.17, 15) is 4.79 Å². The predicted octanol–water partition coefficient (Wildman–Crippen LogP) is 3.35. The molecule has 0 aromatic carbocycles. The average molecular weight is 326 g/mol. The standard InChI is InChI=1S/C19H26N4O/c1-2-11-23-17(21-16-8-5-10-20-18(16)23)15-9-12-22(13-15)19(24)14-6-3-4-7-14/h5,8,10,14-15H,2-4,6-7,9,11-13H2,1H3/t15-/m0/s1. The zero-order valence-corrected chi connectivity index (χ0v) is 14.4. The minimum atomic E-state index is 0.278. The Bertz CT molecular complexity index is 732. The van der Waals surface area contributed by atoms with Gasteiger partial charge in [-0.25, -0.2) is 9.97 Å². The molecule has 2 aromatic rings. The average Bonchev–Trinajstić information content (AvgIpc) is 3.34. The molecule has 2 aromatic heterocycles. The predicted molar refractivity (Wildman–Crippen MR) is 93.7 cm³/mol. The molecular weight excluding hydrogens is 300 g/mol. The second kappa shape index (κ2) is 6.54. The molecule has 1 atom stereocenters. The van der Waals surface area contributed by atoms with E-state index in [1.165, 1.54) is 12.8 Å². The van der Waals surface area contributed by atoms with Gasteiger partial charge in [0.2, 0.25) is 5.91 Å². The van der Waals surface area contributed by atoms with E-state index in [0.717, 1.165) is 62.3 Å². The molecule has 0 spiro atoms. The maximum absolute atomic E-state index is 12.7. The fourth-order valence-electron chi connectivity index (χ4n) is 4.33. The van der Waals surface area contributed by atoms with Crippen LogP contribution in [0.3, 0.4) is 0 Å². The molecule has 24 heavy (non-hydrogen) atoms. The maximum Gasteiger partial charge on any atom is 0.225 e. The molecule has 1 saturated heterocycles. The highest BCUT2D eigenvalue weighted by atomic mass is 16.2. The normalized spacial score (nSPS) is 21.9. The van der Waals surface area contributed by atoms with Crippen LogP contribution in [0.15, 0.2) is 18.3 Å². The molecular formula is C19H26N4O. The number of aromatic nitrogens is 3. The van der Waals surface area contributed by atoms with Crippen molar-refractivity contribution in [1.82, 2.24) is 19.4 Å². The van der Waals surface area contributed by atoms with Crippen LogP contribution in [-0.2, 0) is 11.3 Å². The van der Waals surface area contributed by atoms with Gasteiger partial charge < -0.3 is 9.47 Å². The first-order valence-corrected chi connectivity index (χ1v) is 9.38. The molecule has 1 aliphatic heterocycles. The van der Waals surface area contributed by atoms with Crippen molar-refractivity contribution in [3.63, 3.8) is 0 Å². The molecule has 5 heteroatoms. The van der Waals surface area contributed by atoms with Gasteiger partial charge in [-0.15, -0.1) is 0 Å². The number of carbonyl (C=O) groups excluding carboxylic acids is 1. The van der Waals surface area contributed by atoms with Crippen molar-refractivity contribution >= 4 is 17.1 Å². The van der Waals surface area contributed by atoms with Gasteiger partial charge in [-0.1, -0.05) is 19.8 Å². The van der Waals surface area contributed by atoms with Crippen LogP contribution in [0.25, 0.3) is 11.2 Å². The smallest absolute Gasteiger partial charge is 0.225 e. The molecule has 3 heterocycles. The summed E-state index contributed by atoms with van der Waals surface area (Å²) in [6.07, 6.45) is 8.51. The number of likely N-dealkylation sites (tertiary alicyclic amines) is 1. The van der Waals surface area contributed by atoms with E-state index in [4.69, 9.17) is 4.98 Å². The van der Waals surface area contributed by atoms with Gasteiger partial charge in [0.1, 0.15) is 11.3 Å². The first-order chi connectivity index (χ1) is 11.8. The highest BCUT2D eigenvalue weighted by molar-refractivity contribution is 5.79. The molecule has 1 saturated carbocycles. The van der Waals surface area contributed by atoms with E-state index < -0.39 is 0 Å². The summed E-state index contributed by atoms with van der Waals surface area (Å²) < 4.78 is 2.27. The van der Waals surface area contributed by atoms with E-state index >= 15 is 0 Å². The van der Waals surface area contributed by atoms with Gasteiger partial charge in [0.05, 0.1) is 0 Å². The van der Waals surface area contributed by atoms with Gasteiger partial charge in [-0.05, 0) is 37.8 Å². The van der Waals surface area contributed by atoms with Gasteiger partial charge in [0.25, 0.3) is 0 Å². The lowest BCUT2D eigenvalue weighted by atomic mass is 10.1. The van der Waals surface area contributed by atoms with Crippen LogP contribution in [0.5, 0.6) is 0 Å². The number of fused-ring (bicyclic) bond motifs is 1. The topological polar surface area (TPSA) is 51.0 Å². The fourth-order valence-corrected chi connectivity index (χ4v) is 4.33. The SMILES string of the molecule is CCCn1c([C@H]2CCN(C(=O)C3CCCC3)C2)nc2cccnc21. The minimum absolute atomic E-state index is 0.278. The Labute approximate surface area is 143 Å². The van der Waals surface area contributed by atoms with Crippen LogP contribution < -0.4 is 0 Å². The number of nitrogens with zero attached hydrogens (tertiary/aromatic N) is 4. The third kappa shape index (κ3) is 2.70. The first-order valence-electron chi connectivity index (χ1n) is 9.38. The summed E-state index contributed by atoms with van der Waals surface area (Å²) in [5, 5.41) is 0. The number of hydrogen-bond donors (Lipinski definition) is 0. The van der Waals surface area contributed by atoms with Crippen molar-refractivity contribution in [1.29, 1.82) is 0 Å². The largest absolute Gasteiger partial charge is 0.342 e. The van der Waals surface area contributed by atoms with E-state index in [1.807, 2.05) is 18.3 Å². The molecule has 1 aliphatic carbocycles. The number of carbonyl (C=O) groups is 1. The molecule has 128 valence electrons. The first kappa shape index (κ1) is 15.6. The lowest BCUT2D eigenvalue weighted by Crippen LogP contribution is -2.33. The Hall–Kier alpha value is -1.91. The van der Waals surface area contributed by atoms with E-state index in [0.29, 0.717) is 11.8 Å². The lowest BCUT2D eigenvalue weighted by Gasteiger charge is -2.20. The van der Waals surface area contributed by atoms with Gasteiger partial charge >= 0.3 is 0 Å². The zero-order chi connectivity index (χ0) is 16.5. The molecule has 0 N–H and O–H groups in total. The molecule has 5 nitrogen and oxygen atoms in total. The van der Waals surface area contributed by atoms with Crippen molar-refractivity contribution in [2.24, 2.45) is 5.92 Å². The van der Waals surface area contributed by atoms with Gasteiger partial charge in [0.15, 0.2) is 5.65 Å². The number of rotatable bonds is 4. The molecule has 4 rings (SSSR count). The Balaban J connectivity index is 1.57. The van der Waals surface area contributed by atoms with Crippen LogP contribution in [-0.4, -0.2) is 38.4 Å². The maximum atomic E-state index is 12.7. The second-order valence-corrected chi connectivity index (χ2v) is 7.22. The van der Waals surface area contributed by atoms with Crippen LogP contribution in [0.4, 0.5) is 0 Å². The summed E-state index contributed by atoms with van der Waals surface area (Å²) in [4.78, 5) is 24.2. The number of imidazole rings is 1. The summed E-state index contributed by atoms with van der Waals surface area (Å²) >= 11 is 0. The number of pyridine rings is 1. The van der Waals surface area contributed by atoms with Crippen molar-refractivity contribution in [2.45, 2.75) is 57.9 Å². The quantitative estimate of drug-likeness (QED) is 0.866. The number of amides is 1. The van der Waals surface area contributed by atoms with Crippen molar-refractivity contribution < 1.29 is 4.79 Å². The molecule has 0 unspecified atom stereocenters. The number of aryl methyl sites for hydroxylation is 1. The zero-order valence-electron chi connectivity index (χ0n) is 14.4. The minimum Gasteiger partial charge on any atom is -0.342 e. The third-order valence-corrected chi connectivity index (χ3v) is 5.55. The van der Waals surface area contributed by atoms with Crippen LogP contribution in [0, 0.1) is 5.92 Å². The highest BCUT2D eigenvalue weighted by Gasteiger charge is 2.34. The molecule has 0 radical (unpaired) electrons. The van der Waals surface area contributed by atoms with E-state index in [-0.39, 0.29) is 5.92 Å². The monoisotopic (exact) mass is 326 g/mol. The second-order valence-electron chi connectivity index (χ2n) is 7.22.